The fraction of sp³-hybridized carbons (Fsp3) is 0.250. The highest BCUT2D eigenvalue weighted by atomic mass is 35.5. The van der Waals surface area contributed by atoms with Gasteiger partial charge in [0.2, 0.25) is 0 Å². The first-order valence-corrected chi connectivity index (χ1v) is 7.32. The molecular formula is C16H14ClNO4. The summed E-state index contributed by atoms with van der Waals surface area (Å²) in [5, 5.41) is 12.2. The number of hydrogen-bond acceptors (Lipinski definition) is 3. The Morgan fingerprint density at radius 3 is 2.59 bits per heavy atom. The molecule has 0 saturated heterocycles. The number of carbonyl (C=O) groups excluding carboxylic acids is 1. The fourth-order valence-electron chi connectivity index (χ4n) is 2.29. The Balaban J connectivity index is 1.77. The van der Waals surface area contributed by atoms with E-state index in [4.69, 9.17) is 21.1 Å². The van der Waals surface area contributed by atoms with Gasteiger partial charge < -0.3 is 14.8 Å². The zero-order valence-corrected chi connectivity index (χ0v) is 12.3. The van der Waals surface area contributed by atoms with Crippen molar-refractivity contribution in [2.75, 3.05) is 0 Å². The molecule has 1 heterocycles. The number of benzene rings is 1. The third-order valence-electron chi connectivity index (χ3n) is 3.62. The molecule has 1 aromatic heterocycles. The number of rotatable bonds is 5. The van der Waals surface area contributed by atoms with E-state index in [1.807, 2.05) is 6.07 Å². The Kier molecular flexibility index (Phi) is 3.90. The van der Waals surface area contributed by atoms with Gasteiger partial charge in [-0.3, -0.25) is 4.79 Å². The Bertz CT molecular complexity index is 720. The van der Waals surface area contributed by atoms with Crippen molar-refractivity contribution >= 4 is 23.5 Å². The standard InChI is InChI=1S/C16H14ClNO4/c17-11-4-2-1-3-10(11)12-7-8-13(22-12)15(19)18-14(16(20)21)9-5-6-9/h1-4,7-9,14H,5-6H2,(H,18,19)(H,20,21). The number of amides is 1. The lowest BCUT2D eigenvalue weighted by Gasteiger charge is -2.12. The number of halogens is 1. The third-order valence-corrected chi connectivity index (χ3v) is 3.94. The van der Waals surface area contributed by atoms with Crippen molar-refractivity contribution in [3.8, 4) is 11.3 Å². The Morgan fingerprint density at radius 1 is 1.23 bits per heavy atom. The van der Waals surface area contributed by atoms with Gasteiger partial charge >= 0.3 is 5.97 Å². The number of carboxylic acid groups (broad SMARTS) is 1. The van der Waals surface area contributed by atoms with Crippen LogP contribution in [0.15, 0.2) is 40.8 Å². The summed E-state index contributed by atoms with van der Waals surface area (Å²) in [7, 11) is 0. The topological polar surface area (TPSA) is 79.5 Å². The average Bonchev–Trinajstić information content (AvgIpc) is 3.21. The van der Waals surface area contributed by atoms with Gasteiger partial charge in [-0.2, -0.15) is 0 Å². The van der Waals surface area contributed by atoms with E-state index in [1.165, 1.54) is 6.07 Å². The molecule has 1 aliphatic rings. The van der Waals surface area contributed by atoms with Gasteiger partial charge in [-0.05, 0) is 43.0 Å². The van der Waals surface area contributed by atoms with Gasteiger partial charge in [-0.25, -0.2) is 4.79 Å². The molecule has 114 valence electrons. The molecule has 1 amide bonds. The van der Waals surface area contributed by atoms with Gasteiger partial charge in [-0.1, -0.05) is 23.7 Å². The summed E-state index contributed by atoms with van der Waals surface area (Å²) in [6, 6.07) is 9.43. The van der Waals surface area contributed by atoms with E-state index in [-0.39, 0.29) is 11.7 Å². The van der Waals surface area contributed by atoms with Gasteiger partial charge in [0, 0.05) is 5.56 Å². The zero-order chi connectivity index (χ0) is 15.7. The SMILES string of the molecule is O=C(NC(C(=O)O)C1CC1)c1ccc(-c2ccccc2Cl)o1. The summed E-state index contributed by atoms with van der Waals surface area (Å²) in [6.07, 6.45) is 1.64. The predicted molar refractivity (Wildman–Crippen MR) is 80.8 cm³/mol. The van der Waals surface area contributed by atoms with Crippen molar-refractivity contribution in [3.63, 3.8) is 0 Å². The van der Waals surface area contributed by atoms with Crippen LogP contribution < -0.4 is 5.32 Å². The van der Waals surface area contributed by atoms with E-state index in [0.29, 0.717) is 16.3 Å². The van der Waals surface area contributed by atoms with Crippen molar-refractivity contribution in [3.05, 3.63) is 47.2 Å². The number of furan rings is 1. The molecule has 1 saturated carbocycles. The molecule has 1 aromatic carbocycles. The van der Waals surface area contributed by atoms with Gasteiger partial charge in [0.25, 0.3) is 5.91 Å². The molecular weight excluding hydrogens is 306 g/mol. The van der Waals surface area contributed by atoms with E-state index in [9.17, 15) is 9.59 Å². The van der Waals surface area contributed by atoms with E-state index in [1.54, 1.807) is 24.3 Å². The maximum Gasteiger partial charge on any atom is 0.326 e. The molecule has 0 spiro atoms. The molecule has 5 nitrogen and oxygen atoms in total. The minimum Gasteiger partial charge on any atom is -0.480 e. The maximum absolute atomic E-state index is 12.1. The molecule has 1 fully saturated rings. The second-order valence-corrected chi connectivity index (χ2v) is 5.68. The van der Waals surface area contributed by atoms with Crippen LogP contribution in [0.5, 0.6) is 0 Å². The highest BCUT2D eigenvalue weighted by Crippen LogP contribution is 2.33. The first-order valence-electron chi connectivity index (χ1n) is 6.94. The van der Waals surface area contributed by atoms with E-state index >= 15 is 0 Å². The van der Waals surface area contributed by atoms with Crippen LogP contribution in [0.25, 0.3) is 11.3 Å². The Hall–Kier alpha value is -2.27. The minimum absolute atomic E-state index is 0.0134. The number of hydrogen-bond donors (Lipinski definition) is 2. The minimum atomic E-state index is -1.02. The van der Waals surface area contributed by atoms with Crippen LogP contribution in [-0.4, -0.2) is 23.0 Å². The summed E-state index contributed by atoms with van der Waals surface area (Å²) in [4.78, 5) is 23.3. The van der Waals surface area contributed by atoms with E-state index in [0.717, 1.165) is 12.8 Å². The predicted octanol–water partition coefficient (Wildman–Crippen LogP) is 3.19. The van der Waals surface area contributed by atoms with E-state index < -0.39 is 17.9 Å². The molecule has 0 aliphatic heterocycles. The van der Waals surface area contributed by atoms with Crippen molar-refractivity contribution in [1.29, 1.82) is 0 Å². The van der Waals surface area contributed by atoms with Crippen molar-refractivity contribution in [1.82, 2.24) is 5.32 Å². The Labute approximate surface area is 131 Å². The number of carboxylic acids is 1. The highest BCUT2D eigenvalue weighted by Gasteiger charge is 2.37. The molecule has 0 bridgehead atoms. The molecule has 0 radical (unpaired) electrons. The van der Waals surface area contributed by atoms with Crippen molar-refractivity contribution in [2.45, 2.75) is 18.9 Å². The van der Waals surface area contributed by atoms with Gasteiger partial charge in [0.15, 0.2) is 5.76 Å². The fourth-order valence-corrected chi connectivity index (χ4v) is 2.52. The van der Waals surface area contributed by atoms with Crippen LogP contribution in [0.1, 0.15) is 23.4 Å². The van der Waals surface area contributed by atoms with Crippen LogP contribution in [-0.2, 0) is 4.79 Å². The lowest BCUT2D eigenvalue weighted by molar-refractivity contribution is -0.139. The molecule has 3 rings (SSSR count). The summed E-state index contributed by atoms with van der Waals surface area (Å²) >= 11 is 6.09. The smallest absolute Gasteiger partial charge is 0.326 e. The lowest BCUT2D eigenvalue weighted by Crippen LogP contribution is -2.42. The van der Waals surface area contributed by atoms with Crippen LogP contribution in [0, 0.1) is 5.92 Å². The van der Waals surface area contributed by atoms with Gasteiger partial charge in [0.1, 0.15) is 11.8 Å². The summed E-state index contributed by atoms with van der Waals surface area (Å²) in [5.41, 5.74) is 0.681. The van der Waals surface area contributed by atoms with Gasteiger partial charge in [-0.15, -0.1) is 0 Å². The maximum atomic E-state index is 12.1. The second kappa shape index (κ2) is 5.85. The molecule has 2 aromatic rings. The molecule has 22 heavy (non-hydrogen) atoms. The summed E-state index contributed by atoms with van der Waals surface area (Å²) in [5.74, 6) is -0.998. The number of nitrogens with one attached hydrogen (secondary N) is 1. The van der Waals surface area contributed by atoms with Crippen LogP contribution in [0.3, 0.4) is 0 Å². The quantitative estimate of drug-likeness (QED) is 0.887. The molecule has 1 aliphatic carbocycles. The van der Waals surface area contributed by atoms with Crippen LogP contribution in [0.2, 0.25) is 5.02 Å². The summed E-state index contributed by atoms with van der Waals surface area (Å²) < 4.78 is 5.50. The molecule has 1 unspecified atom stereocenters. The van der Waals surface area contributed by atoms with Crippen molar-refractivity contribution < 1.29 is 19.1 Å². The average molecular weight is 320 g/mol. The normalized spacial score (nSPS) is 15.3. The Morgan fingerprint density at radius 2 is 1.95 bits per heavy atom. The molecule has 6 heteroatoms. The first kappa shape index (κ1) is 14.7. The zero-order valence-electron chi connectivity index (χ0n) is 11.6. The summed E-state index contributed by atoms with van der Waals surface area (Å²) in [6.45, 7) is 0. The van der Waals surface area contributed by atoms with Crippen LogP contribution in [0.4, 0.5) is 0 Å². The largest absolute Gasteiger partial charge is 0.480 e. The van der Waals surface area contributed by atoms with Gasteiger partial charge in [0.05, 0.1) is 5.02 Å². The number of aliphatic carboxylic acids is 1. The lowest BCUT2D eigenvalue weighted by atomic mass is 10.2. The van der Waals surface area contributed by atoms with E-state index in [2.05, 4.69) is 5.32 Å². The molecule has 1 atom stereocenters. The highest BCUT2D eigenvalue weighted by molar-refractivity contribution is 6.33. The van der Waals surface area contributed by atoms with Crippen LogP contribution >= 0.6 is 11.6 Å². The number of carbonyl (C=O) groups is 2. The third kappa shape index (κ3) is 2.99. The molecule has 2 N–H and O–H groups in total. The monoisotopic (exact) mass is 319 g/mol. The first-order chi connectivity index (χ1) is 10.6. The second-order valence-electron chi connectivity index (χ2n) is 5.27. The van der Waals surface area contributed by atoms with Crippen molar-refractivity contribution in [2.24, 2.45) is 5.92 Å².